The number of fused-ring (bicyclic) bond motifs is 13. The molecule has 0 radical (unpaired) electrons. The van der Waals surface area contributed by atoms with Crippen molar-refractivity contribution >= 4 is 33.1 Å². The smallest absolute Gasteiger partial charge is 0.174 e. The van der Waals surface area contributed by atoms with Gasteiger partial charge in [0.1, 0.15) is 0 Å². The monoisotopic (exact) mass is 718 g/mol. The first-order valence-electron chi connectivity index (χ1n) is 18.6. The Bertz CT molecular complexity index is 3050. The van der Waals surface area contributed by atoms with Crippen LogP contribution in [0.3, 0.4) is 0 Å². The highest BCUT2D eigenvalue weighted by Crippen LogP contribution is 2.65. The Morgan fingerprint density at radius 3 is 1.56 bits per heavy atom. The second-order valence-corrected chi connectivity index (χ2v) is 15.4. The van der Waals surface area contributed by atoms with E-state index in [1.54, 1.807) is 11.3 Å². The fourth-order valence-corrected chi connectivity index (χ4v) is 10.4. The summed E-state index contributed by atoms with van der Waals surface area (Å²) >= 11 is 1.78. The molecule has 7 aromatic carbocycles. The molecule has 1 atom stereocenters. The highest BCUT2D eigenvalue weighted by atomic mass is 32.1. The molecule has 1 unspecified atom stereocenters. The van der Waals surface area contributed by atoms with Crippen molar-refractivity contribution in [3.63, 3.8) is 0 Å². The number of rotatable bonds is 4. The lowest BCUT2D eigenvalue weighted by atomic mass is 9.71. The zero-order valence-corrected chi connectivity index (χ0v) is 30.3. The first-order valence-corrected chi connectivity index (χ1v) is 19.4. The molecule has 0 fully saturated rings. The summed E-state index contributed by atoms with van der Waals surface area (Å²) in [7, 11) is 0. The maximum absolute atomic E-state index is 5.16. The van der Waals surface area contributed by atoms with Crippen LogP contribution in [0.2, 0.25) is 0 Å². The van der Waals surface area contributed by atoms with Gasteiger partial charge in [-0.25, -0.2) is 15.0 Å². The summed E-state index contributed by atoms with van der Waals surface area (Å²) in [5.74, 6) is 2.02. The summed E-state index contributed by atoms with van der Waals surface area (Å²) < 4.78 is 2.43. The third-order valence-electron chi connectivity index (χ3n) is 11.5. The number of aromatic nitrogens is 4. The van der Waals surface area contributed by atoms with Gasteiger partial charge in [0.05, 0.1) is 21.3 Å². The Morgan fingerprint density at radius 1 is 0.400 bits per heavy atom. The molecule has 0 saturated heterocycles. The van der Waals surface area contributed by atoms with Gasteiger partial charge in [-0.15, -0.1) is 11.3 Å². The van der Waals surface area contributed by atoms with Gasteiger partial charge in [-0.2, -0.15) is 0 Å². The molecule has 1 spiro atoms. The summed E-state index contributed by atoms with van der Waals surface area (Å²) in [6.45, 7) is 0. The molecule has 0 bridgehead atoms. The standard InChI is InChI=1S/C50H30N4S/c1-3-15-31(16-4-1)47-51-48(32-17-5-2-6-18-32)53-49(52-47)45-30-42-46(55-45)38-22-8-12-24-40(38)50(42)39-23-11-7-19-34(39)35-28-27-33(29-41(35)50)54-43-25-13-9-20-36(43)37-21-10-14-26-44(37)54/h1-30H. The molecule has 0 amide bonds. The highest BCUT2D eigenvalue weighted by Gasteiger charge is 2.53. The first-order chi connectivity index (χ1) is 27.3. The Hall–Kier alpha value is -6.95. The SMILES string of the molecule is c1ccc(-c2nc(-c3ccccc3)nc(-c3cc4c(s3)-c3ccccc3C43c4ccccc4-c4ccc(-n5c6ccccc6c6ccccc65)cc43)n2)cc1. The predicted molar refractivity (Wildman–Crippen MR) is 225 cm³/mol. The molecule has 2 aliphatic carbocycles. The van der Waals surface area contributed by atoms with Gasteiger partial charge in [0, 0.05) is 32.5 Å². The molecular formula is C50H30N4S. The maximum Gasteiger partial charge on any atom is 0.174 e. The van der Waals surface area contributed by atoms with E-state index in [2.05, 4.69) is 150 Å². The average molecular weight is 719 g/mol. The van der Waals surface area contributed by atoms with Crippen LogP contribution in [0.5, 0.6) is 0 Å². The van der Waals surface area contributed by atoms with Crippen LogP contribution in [0.4, 0.5) is 0 Å². The van der Waals surface area contributed by atoms with Crippen LogP contribution in [-0.2, 0) is 5.41 Å². The Labute approximate surface area is 321 Å². The number of hydrogen-bond acceptors (Lipinski definition) is 4. The highest BCUT2D eigenvalue weighted by molar-refractivity contribution is 7.19. The minimum Gasteiger partial charge on any atom is -0.309 e. The molecule has 3 heterocycles. The van der Waals surface area contributed by atoms with E-state index in [1.807, 2.05) is 36.4 Å². The number of benzene rings is 7. The fourth-order valence-electron chi connectivity index (χ4n) is 9.24. The van der Waals surface area contributed by atoms with Crippen molar-refractivity contribution < 1.29 is 0 Å². The maximum atomic E-state index is 5.16. The van der Waals surface area contributed by atoms with Crippen molar-refractivity contribution in [2.24, 2.45) is 0 Å². The van der Waals surface area contributed by atoms with Gasteiger partial charge >= 0.3 is 0 Å². The van der Waals surface area contributed by atoms with Gasteiger partial charge in [-0.3, -0.25) is 0 Å². The quantitative estimate of drug-likeness (QED) is 0.182. The molecule has 12 rings (SSSR count). The lowest BCUT2D eigenvalue weighted by Crippen LogP contribution is -2.25. The van der Waals surface area contributed by atoms with E-state index in [-0.39, 0.29) is 0 Å². The Balaban J connectivity index is 1.13. The van der Waals surface area contributed by atoms with E-state index >= 15 is 0 Å². The largest absolute Gasteiger partial charge is 0.309 e. The molecule has 5 heteroatoms. The zero-order chi connectivity index (χ0) is 36.1. The second kappa shape index (κ2) is 11.5. The van der Waals surface area contributed by atoms with Crippen LogP contribution >= 0.6 is 11.3 Å². The molecule has 256 valence electrons. The van der Waals surface area contributed by atoms with E-state index in [0.717, 1.165) is 21.7 Å². The van der Waals surface area contributed by atoms with Crippen LogP contribution in [0, 0.1) is 0 Å². The molecule has 0 saturated carbocycles. The Kier molecular flexibility index (Phi) is 6.39. The molecule has 3 aromatic heterocycles. The number of hydrogen-bond donors (Lipinski definition) is 0. The topological polar surface area (TPSA) is 43.6 Å². The second-order valence-electron chi connectivity index (χ2n) is 14.3. The average Bonchev–Trinajstić information content (AvgIpc) is 3.99. The van der Waals surface area contributed by atoms with Crippen molar-refractivity contribution in [3.05, 3.63) is 204 Å². The molecule has 55 heavy (non-hydrogen) atoms. The molecule has 4 nitrogen and oxygen atoms in total. The van der Waals surface area contributed by atoms with E-state index in [4.69, 9.17) is 15.0 Å². The molecular weight excluding hydrogens is 689 g/mol. The zero-order valence-electron chi connectivity index (χ0n) is 29.5. The van der Waals surface area contributed by atoms with Crippen LogP contribution in [0.25, 0.3) is 82.5 Å². The predicted octanol–water partition coefficient (Wildman–Crippen LogP) is 12.4. The number of para-hydroxylation sites is 2. The molecule has 0 aliphatic heterocycles. The summed E-state index contributed by atoms with van der Waals surface area (Å²) in [4.78, 5) is 17.6. The number of thiophene rings is 1. The third-order valence-corrected chi connectivity index (χ3v) is 12.7. The van der Waals surface area contributed by atoms with E-state index in [0.29, 0.717) is 17.5 Å². The molecule has 0 N–H and O–H groups in total. The van der Waals surface area contributed by atoms with Gasteiger partial charge in [0.15, 0.2) is 17.5 Å². The lowest BCUT2D eigenvalue weighted by molar-refractivity contribution is 0.794. The van der Waals surface area contributed by atoms with Gasteiger partial charge < -0.3 is 4.57 Å². The van der Waals surface area contributed by atoms with Crippen molar-refractivity contribution in [3.8, 4) is 60.7 Å². The van der Waals surface area contributed by atoms with Crippen molar-refractivity contribution in [2.75, 3.05) is 0 Å². The van der Waals surface area contributed by atoms with Gasteiger partial charge in [0.2, 0.25) is 0 Å². The summed E-state index contributed by atoms with van der Waals surface area (Å²) in [6, 6.07) is 65.4. The first kappa shape index (κ1) is 30.5. The number of nitrogens with zero attached hydrogens (tertiary/aromatic N) is 4. The van der Waals surface area contributed by atoms with Gasteiger partial charge in [0.25, 0.3) is 0 Å². The van der Waals surface area contributed by atoms with Gasteiger partial charge in [-0.1, -0.05) is 152 Å². The summed E-state index contributed by atoms with van der Waals surface area (Å²) in [5, 5.41) is 2.52. The van der Waals surface area contributed by atoms with Crippen molar-refractivity contribution in [2.45, 2.75) is 5.41 Å². The van der Waals surface area contributed by atoms with E-state index < -0.39 is 5.41 Å². The van der Waals surface area contributed by atoms with Crippen LogP contribution < -0.4 is 0 Å². The summed E-state index contributed by atoms with van der Waals surface area (Å²) in [5.41, 5.74) is 14.0. The fraction of sp³-hybridized carbons (Fsp3) is 0.0200. The minimum atomic E-state index is -0.515. The van der Waals surface area contributed by atoms with Gasteiger partial charge in [-0.05, 0) is 69.3 Å². The minimum absolute atomic E-state index is 0.515. The molecule has 2 aliphatic rings. The van der Waals surface area contributed by atoms with Crippen LogP contribution in [0.15, 0.2) is 182 Å². The van der Waals surface area contributed by atoms with Crippen LogP contribution in [-0.4, -0.2) is 19.5 Å². The Morgan fingerprint density at radius 2 is 0.909 bits per heavy atom. The van der Waals surface area contributed by atoms with E-state index in [9.17, 15) is 0 Å². The summed E-state index contributed by atoms with van der Waals surface area (Å²) in [6.07, 6.45) is 0. The van der Waals surface area contributed by atoms with Crippen molar-refractivity contribution in [1.29, 1.82) is 0 Å². The van der Waals surface area contributed by atoms with Crippen LogP contribution in [0.1, 0.15) is 22.3 Å². The lowest BCUT2D eigenvalue weighted by Gasteiger charge is -2.30. The normalized spacial score (nSPS) is 15.0. The third kappa shape index (κ3) is 4.24. The van der Waals surface area contributed by atoms with E-state index in [1.165, 1.54) is 65.6 Å². The van der Waals surface area contributed by atoms with Crippen molar-refractivity contribution in [1.82, 2.24) is 19.5 Å². The molecule has 10 aromatic rings.